The lowest BCUT2D eigenvalue weighted by Crippen LogP contribution is -2.32. The molecule has 0 radical (unpaired) electrons. The zero-order chi connectivity index (χ0) is 26.7. The Morgan fingerprint density at radius 2 is 1.43 bits per heavy atom. The molecule has 0 saturated heterocycles. The Morgan fingerprint density at radius 3 is 2.05 bits per heavy atom. The summed E-state index contributed by atoms with van der Waals surface area (Å²) in [6, 6.07) is 16.4. The van der Waals surface area contributed by atoms with E-state index in [4.69, 9.17) is 32.7 Å². The second-order valence-corrected chi connectivity index (χ2v) is 8.37. The highest BCUT2D eigenvalue weighted by Gasteiger charge is 2.40. The predicted molar refractivity (Wildman–Crippen MR) is 136 cm³/mol. The van der Waals surface area contributed by atoms with Crippen LogP contribution in [0, 0.1) is 0 Å². The molecule has 3 aromatic rings. The van der Waals surface area contributed by atoms with Crippen LogP contribution in [0.3, 0.4) is 0 Å². The average molecular weight is 541 g/mol. The van der Waals surface area contributed by atoms with Gasteiger partial charge in [-0.15, -0.1) is 0 Å². The first-order valence-corrected chi connectivity index (χ1v) is 11.4. The van der Waals surface area contributed by atoms with Gasteiger partial charge in [0.15, 0.2) is 0 Å². The molecule has 11 heteroatoms. The van der Waals surface area contributed by atoms with Crippen LogP contribution < -0.4 is 19.7 Å². The number of imide groups is 1. The van der Waals surface area contributed by atoms with Crippen molar-refractivity contribution >= 4 is 58.3 Å². The first kappa shape index (κ1) is 25.7. The van der Waals surface area contributed by atoms with Gasteiger partial charge < -0.3 is 19.5 Å². The Morgan fingerprint density at radius 1 is 0.811 bits per heavy atom. The van der Waals surface area contributed by atoms with Crippen molar-refractivity contribution in [1.82, 2.24) is 0 Å². The number of carbonyl (C=O) groups excluding carboxylic acids is 4. The fourth-order valence-corrected chi connectivity index (χ4v) is 3.82. The molecule has 0 bridgehead atoms. The lowest BCUT2D eigenvalue weighted by molar-refractivity contribution is -0.120. The summed E-state index contributed by atoms with van der Waals surface area (Å²) in [7, 11) is 2.67. The van der Waals surface area contributed by atoms with Crippen molar-refractivity contribution in [2.24, 2.45) is 0 Å². The van der Waals surface area contributed by atoms with Crippen LogP contribution in [0.1, 0.15) is 20.7 Å². The number of amides is 2. The highest BCUT2D eigenvalue weighted by molar-refractivity contribution is 6.53. The number of carbonyl (C=O) groups is 4. The minimum Gasteiger partial charge on any atom is -0.495 e. The van der Waals surface area contributed by atoms with E-state index in [1.54, 1.807) is 6.07 Å². The Balaban J connectivity index is 1.47. The summed E-state index contributed by atoms with van der Waals surface area (Å²) in [6.45, 7) is 0. The molecule has 188 valence electrons. The molecule has 37 heavy (non-hydrogen) atoms. The number of halogens is 2. The average Bonchev–Trinajstić information content (AvgIpc) is 3.11. The van der Waals surface area contributed by atoms with Crippen LogP contribution in [-0.2, 0) is 14.3 Å². The van der Waals surface area contributed by atoms with Gasteiger partial charge in [0.05, 0.1) is 31.0 Å². The Kier molecular flexibility index (Phi) is 7.47. The van der Waals surface area contributed by atoms with E-state index in [2.05, 4.69) is 10.1 Å². The zero-order valence-corrected chi connectivity index (χ0v) is 20.9. The SMILES string of the molecule is COC(=O)c1ccc(OC(=O)c2ccc(NC3=C(Cl)C(=O)N(c4cc(Cl)ccc4OC)C3=O)cc2)cc1. The summed E-state index contributed by atoms with van der Waals surface area (Å²) in [5, 5.41) is 2.81. The number of hydrogen-bond acceptors (Lipinski definition) is 8. The third kappa shape index (κ3) is 5.28. The zero-order valence-electron chi connectivity index (χ0n) is 19.4. The first-order valence-electron chi connectivity index (χ1n) is 10.6. The van der Waals surface area contributed by atoms with Gasteiger partial charge in [-0.25, -0.2) is 14.5 Å². The van der Waals surface area contributed by atoms with E-state index in [1.165, 1.54) is 74.9 Å². The number of esters is 2. The summed E-state index contributed by atoms with van der Waals surface area (Å²) < 4.78 is 15.2. The molecule has 3 aromatic carbocycles. The van der Waals surface area contributed by atoms with Gasteiger partial charge >= 0.3 is 11.9 Å². The van der Waals surface area contributed by atoms with Gasteiger partial charge in [-0.1, -0.05) is 23.2 Å². The van der Waals surface area contributed by atoms with E-state index in [0.717, 1.165) is 4.90 Å². The number of anilines is 2. The van der Waals surface area contributed by atoms with E-state index in [0.29, 0.717) is 16.3 Å². The maximum atomic E-state index is 13.1. The number of benzene rings is 3. The molecule has 1 N–H and O–H groups in total. The fraction of sp³-hybridized carbons (Fsp3) is 0.0769. The molecule has 0 aliphatic carbocycles. The second-order valence-electron chi connectivity index (χ2n) is 7.56. The molecule has 1 heterocycles. The van der Waals surface area contributed by atoms with Gasteiger partial charge in [0.2, 0.25) is 0 Å². The monoisotopic (exact) mass is 540 g/mol. The van der Waals surface area contributed by atoms with E-state index >= 15 is 0 Å². The van der Waals surface area contributed by atoms with Crippen LogP contribution in [0.2, 0.25) is 5.02 Å². The standard InChI is InChI=1S/C26H18Cl2N2O7/c1-35-20-12-7-16(27)13-19(20)30-23(31)21(28)22(24(30)32)29-17-8-3-15(4-9-17)26(34)37-18-10-5-14(6-11-18)25(33)36-2/h3-13,29H,1-2H3. The van der Waals surface area contributed by atoms with Crippen LogP contribution in [0.15, 0.2) is 77.5 Å². The number of ether oxygens (including phenoxy) is 3. The van der Waals surface area contributed by atoms with Crippen molar-refractivity contribution in [3.05, 3.63) is 93.6 Å². The molecule has 0 aromatic heterocycles. The lowest BCUT2D eigenvalue weighted by atomic mass is 10.2. The smallest absolute Gasteiger partial charge is 0.343 e. The van der Waals surface area contributed by atoms with Gasteiger partial charge in [-0.3, -0.25) is 9.59 Å². The molecule has 1 aliphatic rings. The predicted octanol–water partition coefficient (Wildman–Crippen LogP) is 4.79. The third-order valence-corrected chi connectivity index (χ3v) is 5.87. The molecular weight excluding hydrogens is 523 g/mol. The highest BCUT2D eigenvalue weighted by Crippen LogP contribution is 2.37. The van der Waals surface area contributed by atoms with Gasteiger partial charge in [0.25, 0.3) is 11.8 Å². The Bertz CT molecular complexity index is 1430. The Labute approximate surface area is 221 Å². The molecule has 0 unspecified atom stereocenters. The number of nitrogens with one attached hydrogen (secondary N) is 1. The molecule has 0 atom stereocenters. The first-order chi connectivity index (χ1) is 17.7. The minimum atomic E-state index is -0.742. The maximum absolute atomic E-state index is 13.1. The topological polar surface area (TPSA) is 111 Å². The van der Waals surface area contributed by atoms with Gasteiger partial charge in [-0.2, -0.15) is 0 Å². The molecule has 9 nitrogen and oxygen atoms in total. The van der Waals surface area contributed by atoms with Crippen LogP contribution in [0.5, 0.6) is 11.5 Å². The summed E-state index contributed by atoms with van der Waals surface area (Å²) >= 11 is 12.2. The van der Waals surface area contributed by atoms with Crippen LogP contribution in [0.25, 0.3) is 0 Å². The molecule has 0 fully saturated rings. The van der Waals surface area contributed by atoms with Gasteiger partial charge in [0, 0.05) is 10.7 Å². The highest BCUT2D eigenvalue weighted by atomic mass is 35.5. The molecule has 4 rings (SSSR count). The molecule has 0 saturated carbocycles. The van der Waals surface area contributed by atoms with Crippen molar-refractivity contribution in [2.45, 2.75) is 0 Å². The number of nitrogens with zero attached hydrogens (tertiary/aromatic N) is 1. The van der Waals surface area contributed by atoms with Crippen molar-refractivity contribution in [2.75, 3.05) is 24.4 Å². The van der Waals surface area contributed by atoms with Gasteiger partial charge in [-0.05, 0) is 66.7 Å². The Hall–Kier alpha value is -4.34. The fourth-order valence-electron chi connectivity index (χ4n) is 3.44. The van der Waals surface area contributed by atoms with Crippen LogP contribution in [-0.4, -0.2) is 38.0 Å². The summed E-state index contributed by atoms with van der Waals surface area (Å²) in [5.41, 5.74) is 0.945. The number of methoxy groups -OCH3 is 2. The van der Waals surface area contributed by atoms with Crippen LogP contribution >= 0.6 is 23.2 Å². The summed E-state index contributed by atoms with van der Waals surface area (Å²) in [4.78, 5) is 50.7. The summed E-state index contributed by atoms with van der Waals surface area (Å²) in [6.07, 6.45) is 0. The minimum absolute atomic E-state index is 0.144. The van der Waals surface area contributed by atoms with E-state index < -0.39 is 23.8 Å². The second kappa shape index (κ2) is 10.7. The molecule has 1 aliphatic heterocycles. The van der Waals surface area contributed by atoms with Crippen LogP contribution in [0.4, 0.5) is 11.4 Å². The molecular formula is C26H18Cl2N2O7. The van der Waals surface area contributed by atoms with E-state index in [1.807, 2.05) is 0 Å². The van der Waals surface area contributed by atoms with Crippen molar-refractivity contribution in [3.8, 4) is 11.5 Å². The van der Waals surface area contributed by atoms with E-state index in [9.17, 15) is 19.2 Å². The quantitative estimate of drug-likeness (QED) is 0.258. The van der Waals surface area contributed by atoms with Crippen molar-refractivity contribution in [3.63, 3.8) is 0 Å². The molecule has 0 spiro atoms. The lowest BCUT2D eigenvalue weighted by Gasteiger charge is -2.18. The third-order valence-electron chi connectivity index (χ3n) is 5.29. The number of hydrogen-bond donors (Lipinski definition) is 1. The normalized spacial score (nSPS) is 13.0. The van der Waals surface area contributed by atoms with Crippen molar-refractivity contribution in [1.29, 1.82) is 0 Å². The van der Waals surface area contributed by atoms with Gasteiger partial charge in [0.1, 0.15) is 22.2 Å². The summed E-state index contributed by atoms with van der Waals surface area (Å²) in [5.74, 6) is -2.08. The van der Waals surface area contributed by atoms with Crippen molar-refractivity contribution < 1.29 is 33.4 Å². The maximum Gasteiger partial charge on any atom is 0.343 e. The molecule has 2 amide bonds. The largest absolute Gasteiger partial charge is 0.495 e. The number of rotatable bonds is 7. The van der Waals surface area contributed by atoms with E-state index in [-0.39, 0.29) is 33.5 Å².